The molecule has 0 aliphatic rings. The first-order valence-electron chi connectivity index (χ1n) is 10.1. The van der Waals surface area contributed by atoms with Crippen LogP contribution in [0.2, 0.25) is 0 Å². The van der Waals surface area contributed by atoms with Crippen LogP contribution in [0, 0.1) is 13.8 Å². The SMILES string of the molecule is Cc1ccc(OCCCn2cnc3sc(C(=O)Nc4ccccc4)c(C)c3c2=O)cc1. The minimum Gasteiger partial charge on any atom is -0.494 e. The molecular weight excluding hydrogens is 410 g/mol. The van der Waals surface area contributed by atoms with Crippen LogP contribution in [-0.2, 0) is 6.54 Å². The van der Waals surface area contributed by atoms with Gasteiger partial charge in [0.05, 0.1) is 23.2 Å². The van der Waals surface area contributed by atoms with Crippen molar-refractivity contribution in [2.45, 2.75) is 26.8 Å². The summed E-state index contributed by atoms with van der Waals surface area (Å²) in [5.41, 5.74) is 2.42. The van der Waals surface area contributed by atoms with E-state index in [1.54, 1.807) is 17.8 Å². The van der Waals surface area contributed by atoms with Crippen LogP contribution in [0.4, 0.5) is 5.69 Å². The van der Waals surface area contributed by atoms with Crippen molar-refractivity contribution < 1.29 is 9.53 Å². The Bertz CT molecular complexity index is 1260. The Balaban J connectivity index is 1.46. The number of nitrogens with one attached hydrogen (secondary N) is 1. The summed E-state index contributed by atoms with van der Waals surface area (Å²) in [7, 11) is 0. The van der Waals surface area contributed by atoms with Crippen LogP contribution in [0.1, 0.15) is 27.2 Å². The average molecular weight is 434 g/mol. The Morgan fingerprint density at radius 1 is 1.10 bits per heavy atom. The lowest BCUT2D eigenvalue weighted by Gasteiger charge is -2.08. The summed E-state index contributed by atoms with van der Waals surface area (Å²) in [4.78, 5) is 31.2. The fraction of sp³-hybridized carbons (Fsp3) is 0.208. The standard InChI is InChI=1S/C24H23N3O3S/c1-16-9-11-19(12-10-16)30-14-6-13-27-15-25-23-20(24(27)29)17(2)21(31-23)22(28)26-18-7-4-3-5-8-18/h3-5,7-12,15H,6,13-14H2,1-2H3,(H,26,28). The Labute approximate surface area is 184 Å². The van der Waals surface area contributed by atoms with E-state index in [4.69, 9.17) is 4.74 Å². The van der Waals surface area contributed by atoms with Gasteiger partial charge in [0, 0.05) is 12.2 Å². The van der Waals surface area contributed by atoms with Gasteiger partial charge >= 0.3 is 0 Å². The number of para-hydroxylation sites is 1. The lowest BCUT2D eigenvalue weighted by molar-refractivity contribution is 0.103. The van der Waals surface area contributed by atoms with Crippen LogP contribution in [0.5, 0.6) is 5.75 Å². The van der Waals surface area contributed by atoms with Crippen LogP contribution < -0.4 is 15.6 Å². The Kier molecular flexibility index (Phi) is 6.13. The average Bonchev–Trinajstić information content (AvgIpc) is 3.12. The molecule has 31 heavy (non-hydrogen) atoms. The predicted octanol–water partition coefficient (Wildman–Crippen LogP) is 4.80. The number of fused-ring (bicyclic) bond motifs is 1. The fourth-order valence-corrected chi connectivity index (χ4v) is 4.34. The lowest BCUT2D eigenvalue weighted by atomic mass is 10.2. The third-order valence-corrected chi connectivity index (χ3v) is 6.19. The number of carbonyl (C=O) groups excluding carboxylic acids is 1. The maximum atomic E-state index is 13.0. The van der Waals surface area contributed by atoms with E-state index in [2.05, 4.69) is 10.3 Å². The third-order valence-electron chi connectivity index (χ3n) is 4.99. The largest absolute Gasteiger partial charge is 0.494 e. The molecular formula is C24H23N3O3S. The molecule has 0 atom stereocenters. The normalized spacial score (nSPS) is 10.9. The molecule has 0 bridgehead atoms. The van der Waals surface area contributed by atoms with Crippen molar-refractivity contribution in [3.8, 4) is 5.75 Å². The first kappa shape index (κ1) is 20.8. The second kappa shape index (κ2) is 9.14. The Morgan fingerprint density at radius 2 is 1.84 bits per heavy atom. The lowest BCUT2D eigenvalue weighted by Crippen LogP contribution is -2.21. The molecule has 2 heterocycles. The molecule has 158 valence electrons. The highest BCUT2D eigenvalue weighted by Gasteiger charge is 2.19. The molecule has 4 rings (SSSR count). The third kappa shape index (κ3) is 4.67. The predicted molar refractivity (Wildman–Crippen MR) is 124 cm³/mol. The van der Waals surface area contributed by atoms with Crippen LogP contribution in [0.3, 0.4) is 0 Å². The molecule has 0 radical (unpaired) electrons. The highest BCUT2D eigenvalue weighted by atomic mass is 32.1. The van der Waals surface area contributed by atoms with Crippen LogP contribution in [0.15, 0.2) is 65.7 Å². The van der Waals surface area contributed by atoms with Crippen molar-refractivity contribution in [2.24, 2.45) is 0 Å². The van der Waals surface area contributed by atoms with Crippen molar-refractivity contribution in [2.75, 3.05) is 11.9 Å². The molecule has 1 amide bonds. The molecule has 2 aromatic carbocycles. The van der Waals surface area contributed by atoms with Gasteiger partial charge in [-0.1, -0.05) is 35.9 Å². The molecule has 0 fully saturated rings. The molecule has 7 heteroatoms. The number of amides is 1. The summed E-state index contributed by atoms with van der Waals surface area (Å²) in [6.07, 6.45) is 2.22. The zero-order valence-electron chi connectivity index (χ0n) is 17.4. The highest BCUT2D eigenvalue weighted by molar-refractivity contribution is 7.20. The van der Waals surface area contributed by atoms with Gasteiger partial charge in [-0.25, -0.2) is 4.98 Å². The maximum absolute atomic E-state index is 13.0. The van der Waals surface area contributed by atoms with Gasteiger partial charge in [0.1, 0.15) is 10.6 Å². The van der Waals surface area contributed by atoms with Crippen molar-refractivity contribution in [3.63, 3.8) is 0 Å². The van der Waals surface area contributed by atoms with Crippen LogP contribution in [0.25, 0.3) is 10.2 Å². The first-order valence-corrected chi connectivity index (χ1v) is 10.9. The van der Waals surface area contributed by atoms with Crippen molar-refractivity contribution >= 4 is 33.1 Å². The molecule has 0 saturated carbocycles. The molecule has 0 spiro atoms. The number of thiophene rings is 1. The molecule has 2 aromatic heterocycles. The second-order valence-electron chi connectivity index (χ2n) is 7.31. The molecule has 6 nitrogen and oxygen atoms in total. The number of rotatable bonds is 7. The number of nitrogens with zero attached hydrogens (tertiary/aromatic N) is 2. The molecule has 1 N–H and O–H groups in total. The first-order chi connectivity index (χ1) is 15.0. The molecule has 0 aliphatic carbocycles. The number of hydrogen-bond donors (Lipinski definition) is 1. The van der Waals surface area contributed by atoms with E-state index in [-0.39, 0.29) is 11.5 Å². The van der Waals surface area contributed by atoms with E-state index < -0.39 is 0 Å². The summed E-state index contributed by atoms with van der Waals surface area (Å²) in [6, 6.07) is 17.1. The van der Waals surface area contributed by atoms with E-state index in [9.17, 15) is 9.59 Å². The van der Waals surface area contributed by atoms with Gasteiger partial charge < -0.3 is 10.1 Å². The van der Waals surface area contributed by atoms with Crippen LogP contribution >= 0.6 is 11.3 Å². The summed E-state index contributed by atoms with van der Waals surface area (Å²) >= 11 is 1.24. The number of carbonyl (C=O) groups is 1. The van der Waals surface area contributed by atoms with E-state index in [0.29, 0.717) is 45.9 Å². The zero-order chi connectivity index (χ0) is 21.8. The minimum absolute atomic E-state index is 0.132. The minimum atomic E-state index is -0.232. The van der Waals surface area contributed by atoms with Crippen molar-refractivity contribution in [1.29, 1.82) is 0 Å². The molecule has 0 aliphatic heterocycles. The van der Waals surface area contributed by atoms with Crippen molar-refractivity contribution in [1.82, 2.24) is 9.55 Å². The van der Waals surface area contributed by atoms with Gasteiger partial charge in [-0.15, -0.1) is 11.3 Å². The smallest absolute Gasteiger partial charge is 0.266 e. The van der Waals surface area contributed by atoms with Gasteiger partial charge in [-0.05, 0) is 50.1 Å². The molecule has 4 aromatic rings. The Hall–Kier alpha value is -3.45. The van der Waals surface area contributed by atoms with Gasteiger partial charge in [-0.3, -0.25) is 14.2 Å². The monoisotopic (exact) mass is 433 g/mol. The summed E-state index contributed by atoms with van der Waals surface area (Å²) in [5, 5.41) is 3.38. The number of aryl methyl sites for hydroxylation is 3. The molecule has 0 saturated heterocycles. The summed E-state index contributed by atoms with van der Waals surface area (Å²) in [5.74, 6) is 0.582. The van der Waals surface area contributed by atoms with E-state index in [0.717, 1.165) is 5.75 Å². The highest BCUT2D eigenvalue weighted by Crippen LogP contribution is 2.27. The number of ether oxygens (including phenoxy) is 1. The topological polar surface area (TPSA) is 73.2 Å². The van der Waals surface area contributed by atoms with Gasteiger partial charge in [0.25, 0.3) is 11.5 Å². The van der Waals surface area contributed by atoms with Gasteiger partial charge in [-0.2, -0.15) is 0 Å². The Morgan fingerprint density at radius 3 is 2.58 bits per heavy atom. The van der Waals surface area contributed by atoms with Gasteiger partial charge in [0.15, 0.2) is 0 Å². The quantitative estimate of drug-likeness (QED) is 0.425. The summed E-state index contributed by atoms with van der Waals surface area (Å²) in [6.45, 7) is 4.82. The zero-order valence-corrected chi connectivity index (χ0v) is 18.2. The molecule has 0 unspecified atom stereocenters. The van der Waals surface area contributed by atoms with E-state index in [1.165, 1.54) is 16.9 Å². The van der Waals surface area contributed by atoms with E-state index in [1.807, 2.05) is 61.5 Å². The second-order valence-corrected chi connectivity index (χ2v) is 8.31. The number of hydrogen-bond acceptors (Lipinski definition) is 5. The number of benzene rings is 2. The summed E-state index contributed by atoms with van der Waals surface area (Å²) < 4.78 is 7.32. The van der Waals surface area contributed by atoms with Crippen molar-refractivity contribution in [3.05, 3.63) is 87.3 Å². The number of aromatic nitrogens is 2. The maximum Gasteiger partial charge on any atom is 0.266 e. The fourth-order valence-electron chi connectivity index (χ4n) is 3.30. The van der Waals surface area contributed by atoms with Gasteiger partial charge in [0.2, 0.25) is 0 Å². The number of anilines is 1. The van der Waals surface area contributed by atoms with E-state index >= 15 is 0 Å². The van der Waals surface area contributed by atoms with Crippen LogP contribution in [-0.4, -0.2) is 22.1 Å².